The van der Waals surface area contributed by atoms with Crippen molar-refractivity contribution in [1.29, 1.82) is 0 Å². The molecule has 59 heavy (non-hydrogen) atoms. The van der Waals surface area contributed by atoms with Crippen molar-refractivity contribution in [1.82, 2.24) is 9.97 Å². The van der Waals surface area contributed by atoms with E-state index in [-0.39, 0.29) is 5.41 Å². The molecule has 10 aromatic rings. The lowest BCUT2D eigenvalue weighted by Crippen LogP contribution is -2.16. The minimum absolute atomic E-state index is 0.126. The van der Waals surface area contributed by atoms with Crippen molar-refractivity contribution in [2.45, 2.75) is 19.3 Å². The highest BCUT2D eigenvalue weighted by molar-refractivity contribution is 6.05. The average Bonchev–Trinajstić information content (AvgIpc) is 3.53. The maximum Gasteiger partial charge on any atom is 0.161 e. The maximum atomic E-state index is 5.34. The van der Waals surface area contributed by atoms with E-state index < -0.39 is 0 Å². The SMILES string of the molecule is CC1(C)c2cc3ccccc3cc2-c2cccc(-c3ccc(-c4ccc(-c5nc(-c6ccccc6)cc(-c6ccccc6-c6ccccc6)n5)c5ccccc45)cc3)c21. The number of aromatic nitrogens is 2. The van der Waals surface area contributed by atoms with Crippen LogP contribution >= 0.6 is 0 Å². The zero-order valence-electron chi connectivity index (χ0n) is 33.0. The Bertz CT molecular complexity index is 3220. The van der Waals surface area contributed by atoms with E-state index in [0.717, 1.165) is 44.6 Å². The lowest BCUT2D eigenvalue weighted by molar-refractivity contribution is 0.663. The van der Waals surface area contributed by atoms with Gasteiger partial charge in [0.05, 0.1) is 11.4 Å². The Kier molecular flexibility index (Phi) is 8.20. The molecule has 0 atom stereocenters. The molecule has 1 heterocycles. The van der Waals surface area contributed by atoms with Crippen LogP contribution in [0.25, 0.3) is 100.0 Å². The van der Waals surface area contributed by atoms with Gasteiger partial charge in [0.25, 0.3) is 0 Å². The van der Waals surface area contributed by atoms with E-state index in [1.165, 1.54) is 60.7 Å². The largest absolute Gasteiger partial charge is 0.228 e. The van der Waals surface area contributed by atoms with E-state index in [1.807, 2.05) is 6.07 Å². The van der Waals surface area contributed by atoms with E-state index >= 15 is 0 Å². The third kappa shape index (κ3) is 5.87. The molecule has 0 fully saturated rings. The number of hydrogen-bond donors (Lipinski definition) is 0. The second-order valence-electron chi connectivity index (χ2n) is 16.1. The predicted molar refractivity (Wildman–Crippen MR) is 247 cm³/mol. The summed E-state index contributed by atoms with van der Waals surface area (Å²) >= 11 is 0. The van der Waals surface area contributed by atoms with Crippen LogP contribution in [-0.2, 0) is 5.41 Å². The summed E-state index contributed by atoms with van der Waals surface area (Å²) in [7, 11) is 0. The van der Waals surface area contributed by atoms with E-state index in [2.05, 4.69) is 214 Å². The Morgan fingerprint density at radius 3 is 1.56 bits per heavy atom. The zero-order valence-corrected chi connectivity index (χ0v) is 33.0. The third-order valence-corrected chi connectivity index (χ3v) is 12.3. The lowest BCUT2D eigenvalue weighted by Gasteiger charge is -2.25. The van der Waals surface area contributed by atoms with Crippen LogP contribution in [0.4, 0.5) is 0 Å². The van der Waals surface area contributed by atoms with Gasteiger partial charge in [-0.3, -0.25) is 0 Å². The van der Waals surface area contributed by atoms with Crippen molar-refractivity contribution in [2.24, 2.45) is 0 Å². The first kappa shape index (κ1) is 34.8. The summed E-state index contributed by atoms with van der Waals surface area (Å²) in [6, 6.07) is 74.2. The molecule has 1 aromatic heterocycles. The Hall–Kier alpha value is -7.42. The molecule has 0 saturated heterocycles. The van der Waals surface area contributed by atoms with Gasteiger partial charge in [0.2, 0.25) is 0 Å². The first-order chi connectivity index (χ1) is 29.0. The van der Waals surface area contributed by atoms with Gasteiger partial charge in [-0.1, -0.05) is 196 Å². The fraction of sp³-hybridized carbons (Fsp3) is 0.0526. The summed E-state index contributed by atoms with van der Waals surface area (Å²) < 4.78 is 0. The summed E-state index contributed by atoms with van der Waals surface area (Å²) in [5.41, 5.74) is 17.5. The minimum atomic E-state index is -0.126. The van der Waals surface area contributed by atoms with Crippen LogP contribution in [0.15, 0.2) is 206 Å². The number of fused-ring (bicyclic) bond motifs is 5. The normalized spacial score (nSPS) is 12.7. The molecule has 1 aliphatic rings. The monoisotopic (exact) mass is 752 g/mol. The topological polar surface area (TPSA) is 25.8 Å². The lowest BCUT2D eigenvalue weighted by atomic mass is 9.78. The standard InChI is InChI=1S/C57H40N2/c1-57(2)52-35-42-21-10-9-20-41(42)34-51(52)49-27-15-26-45(55(49)57)39-30-28-38(29-31-39)44-32-33-50(47-24-13-12-23-46(44)47)56-58-53(40-18-7-4-8-19-40)36-54(59-56)48-25-14-11-22-43(48)37-16-5-3-6-17-37/h3-36H,1-2H3. The van der Waals surface area contributed by atoms with Crippen molar-refractivity contribution >= 4 is 21.5 Å². The number of benzene rings is 9. The van der Waals surface area contributed by atoms with Crippen LogP contribution in [0.2, 0.25) is 0 Å². The van der Waals surface area contributed by atoms with Gasteiger partial charge in [-0.2, -0.15) is 0 Å². The fourth-order valence-electron chi connectivity index (χ4n) is 9.42. The van der Waals surface area contributed by atoms with Crippen molar-refractivity contribution in [2.75, 3.05) is 0 Å². The molecule has 0 bridgehead atoms. The van der Waals surface area contributed by atoms with E-state index in [4.69, 9.17) is 9.97 Å². The first-order valence-corrected chi connectivity index (χ1v) is 20.4. The van der Waals surface area contributed by atoms with Crippen LogP contribution in [0.1, 0.15) is 25.0 Å². The van der Waals surface area contributed by atoms with Crippen LogP contribution < -0.4 is 0 Å². The van der Waals surface area contributed by atoms with Crippen LogP contribution in [0.3, 0.4) is 0 Å². The minimum Gasteiger partial charge on any atom is -0.228 e. The molecule has 0 unspecified atom stereocenters. The Balaban J connectivity index is 1.01. The number of nitrogens with zero attached hydrogens (tertiary/aromatic N) is 2. The van der Waals surface area contributed by atoms with Gasteiger partial charge in [0.15, 0.2) is 5.82 Å². The van der Waals surface area contributed by atoms with Crippen molar-refractivity contribution in [3.8, 4) is 78.4 Å². The molecule has 11 rings (SSSR count). The zero-order chi connectivity index (χ0) is 39.5. The Labute approximate surface area is 345 Å². The van der Waals surface area contributed by atoms with Gasteiger partial charge in [0.1, 0.15) is 0 Å². The summed E-state index contributed by atoms with van der Waals surface area (Å²) in [6.45, 7) is 4.75. The van der Waals surface area contributed by atoms with E-state index in [1.54, 1.807) is 0 Å². The van der Waals surface area contributed by atoms with Crippen molar-refractivity contribution < 1.29 is 0 Å². The van der Waals surface area contributed by atoms with Gasteiger partial charge in [0, 0.05) is 22.1 Å². The molecule has 0 aliphatic heterocycles. The van der Waals surface area contributed by atoms with Crippen molar-refractivity contribution in [3.63, 3.8) is 0 Å². The molecule has 1 aliphatic carbocycles. The quantitative estimate of drug-likeness (QED) is 0.169. The highest BCUT2D eigenvalue weighted by Gasteiger charge is 2.37. The Morgan fingerprint density at radius 1 is 0.322 bits per heavy atom. The highest BCUT2D eigenvalue weighted by Crippen LogP contribution is 2.53. The molecular formula is C57H40N2. The highest BCUT2D eigenvalue weighted by atomic mass is 14.9. The molecule has 0 saturated carbocycles. The molecule has 2 heteroatoms. The molecule has 2 nitrogen and oxygen atoms in total. The van der Waals surface area contributed by atoms with Gasteiger partial charge in [-0.05, 0) is 101 Å². The maximum absolute atomic E-state index is 5.34. The van der Waals surface area contributed by atoms with Gasteiger partial charge < -0.3 is 0 Å². The third-order valence-electron chi connectivity index (χ3n) is 12.3. The summed E-state index contributed by atoms with van der Waals surface area (Å²) in [4.78, 5) is 10.6. The number of rotatable bonds is 6. The first-order valence-electron chi connectivity index (χ1n) is 20.4. The second kappa shape index (κ2) is 13.9. The molecule has 0 spiro atoms. The molecule has 0 N–H and O–H groups in total. The average molecular weight is 753 g/mol. The van der Waals surface area contributed by atoms with Crippen LogP contribution in [0.5, 0.6) is 0 Å². The Morgan fingerprint density at radius 2 is 0.831 bits per heavy atom. The summed E-state index contributed by atoms with van der Waals surface area (Å²) in [6.07, 6.45) is 0. The molecular weight excluding hydrogens is 713 g/mol. The summed E-state index contributed by atoms with van der Waals surface area (Å²) in [5, 5.41) is 4.86. The van der Waals surface area contributed by atoms with Gasteiger partial charge in [-0.25, -0.2) is 9.97 Å². The van der Waals surface area contributed by atoms with Gasteiger partial charge >= 0.3 is 0 Å². The predicted octanol–water partition coefficient (Wildman–Crippen LogP) is 15.1. The molecule has 0 radical (unpaired) electrons. The van der Waals surface area contributed by atoms with Crippen LogP contribution in [0, 0.1) is 0 Å². The molecule has 0 amide bonds. The smallest absolute Gasteiger partial charge is 0.161 e. The van der Waals surface area contributed by atoms with Gasteiger partial charge in [-0.15, -0.1) is 0 Å². The second-order valence-corrected chi connectivity index (χ2v) is 16.1. The molecule has 278 valence electrons. The van der Waals surface area contributed by atoms with Crippen molar-refractivity contribution in [3.05, 3.63) is 217 Å². The fourth-order valence-corrected chi connectivity index (χ4v) is 9.42. The number of hydrogen-bond acceptors (Lipinski definition) is 2. The van der Waals surface area contributed by atoms with Crippen LogP contribution in [-0.4, -0.2) is 9.97 Å². The van der Waals surface area contributed by atoms with E-state index in [0.29, 0.717) is 5.82 Å². The summed E-state index contributed by atoms with van der Waals surface area (Å²) in [5.74, 6) is 0.705. The molecule has 9 aromatic carbocycles. The van der Waals surface area contributed by atoms with E-state index in [9.17, 15) is 0 Å².